The van der Waals surface area contributed by atoms with Gasteiger partial charge < -0.3 is 10.6 Å². The van der Waals surface area contributed by atoms with E-state index < -0.39 is 0 Å². The van der Waals surface area contributed by atoms with Gasteiger partial charge in [-0.15, -0.1) is 0 Å². The van der Waals surface area contributed by atoms with Gasteiger partial charge in [0.1, 0.15) is 0 Å². The van der Waals surface area contributed by atoms with E-state index in [0.717, 1.165) is 36.3 Å². The highest BCUT2D eigenvalue weighted by atomic mass is 79.9. The van der Waals surface area contributed by atoms with Crippen LogP contribution in [0.15, 0.2) is 22.7 Å². The van der Waals surface area contributed by atoms with E-state index in [9.17, 15) is 4.79 Å². The summed E-state index contributed by atoms with van der Waals surface area (Å²) in [5, 5.41) is 0. The van der Waals surface area contributed by atoms with Crippen LogP contribution in [0.25, 0.3) is 0 Å². The van der Waals surface area contributed by atoms with Gasteiger partial charge in [-0.25, -0.2) is 0 Å². The van der Waals surface area contributed by atoms with Crippen LogP contribution in [0.4, 0.5) is 5.69 Å². The van der Waals surface area contributed by atoms with Crippen LogP contribution in [-0.2, 0) is 0 Å². The molecule has 0 radical (unpaired) electrons. The molecule has 18 heavy (non-hydrogen) atoms. The lowest BCUT2D eigenvalue weighted by Gasteiger charge is -2.20. The molecule has 2 rings (SSSR count). The van der Waals surface area contributed by atoms with Crippen molar-refractivity contribution in [2.45, 2.75) is 26.2 Å². The SMILES string of the molecule is CC1CCCN(C(=O)c2ccc(N)c(Br)c2)CC1. The Morgan fingerprint density at radius 1 is 1.39 bits per heavy atom. The monoisotopic (exact) mass is 310 g/mol. The first kappa shape index (κ1) is 13.4. The van der Waals surface area contributed by atoms with Gasteiger partial charge in [0.25, 0.3) is 5.91 Å². The smallest absolute Gasteiger partial charge is 0.253 e. The molecule has 98 valence electrons. The van der Waals surface area contributed by atoms with Crippen molar-refractivity contribution in [1.29, 1.82) is 0 Å². The average molecular weight is 311 g/mol. The van der Waals surface area contributed by atoms with Crippen molar-refractivity contribution in [3.63, 3.8) is 0 Å². The van der Waals surface area contributed by atoms with Crippen molar-refractivity contribution in [2.75, 3.05) is 18.8 Å². The lowest BCUT2D eigenvalue weighted by molar-refractivity contribution is 0.0760. The molecule has 0 saturated carbocycles. The summed E-state index contributed by atoms with van der Waals surface area (Å²) in [6.07, 6.45) is 3.42. The Labute approximate surface area is 116 Å². The number of anilines is 1. The van der Waals surface area contributed by atoms with E-state index in [0.29, 0.717) is 11.3 Å². The van der Waals surface area contributed by atoms with Crippen molar-refractivity contribution in [1.82, 2.24) is 4.90 Å². The number of hydrogen-bond acceptors (Lipinski definition) is 2. The summed E-state index contributed by atoms with van der Waals surface area (Å²) in [7, 11) is 0. The van der Waals surface area contributed by atoms with Gasteiger partial charge >= 0.3 is 0 Å². The van der Waals surface area contributed by atoms with Crippen molar-refractivity contribution in [3.05, 3.63) is 28.2 Å². The molecular weight excluding hydrogens is 292 g/mol. The summed E-state index contributed by atoms with van der Waals surface area (Å²) in [5.74, 6) is 0.839. The van der Waals surface area contributed by atoms with Crippen molar-refractivity contribution < 1.29 is 4.79 Å². The minimum absolute atomic E-state index is 0.116. The Morgan fingerprint density at radius 3 is 2.89 bits per heavy atom. The molecule has 1 unspecified atom stereocenters. The molecule has 0 aromatic heterocycles. The molecule has 0 bridgehead atoms. The largest absolute Gasteiger partial charge is 0.398 e. The number of nitrogens with zero attached hydrogens (tertiary/aromatic N) is 1. The third-order valence-corrected chi connectivity index (χ3v) is 4.24. The summed E-state index contributed by atoms with van der Waals surface area (Å²) in [6, 6.07) is 5.39. The quantitative estimate of drug-likeness (QED) is 0.809. The molecule has 1 aromatic rings. The highest BCUT2D eigenvalue weighted by Gasteiger charge is 2.20. The first-order valence-electron chi connectivity index (χ1n) is 6.42. The molecule has 2 N–H and O–H groups in total. The molecule has 1 aliphatic rings. The zero-order valence-corrected chi connectivity index (χ0v) is 12.2. The van der Waals surface area contributed by atoms with Crippen LogP contribution in [-0.4, -0.2) is 23.9 Å². The normalized spacial score (nSPS) is 20.6. The summed E-state index contributed by atoms with van der Waals surface area (Å²) < 4.78 is 0.788. The van der Waals surface area contributed by atoms with Crippen LogP contribution < -0.4 is 5.73 Å². The maximum atomic E-state index is 12.4. The Kier molecular flexibility index (Phi) is 4.27. The summed E-state index contributed by atoms with van der Waals surface area (Å²) >= 11 is 3.37. The summed E-state index contributed by atoms with van der Waals surface area (Å²) in [4.78, 5) is 14.3. The van der Waals surface area contributed by atoms with Gasteiger partial charge in [0, 0.05) is 28.8 Å². The lowest BCUT2D eigenvalue weighted by atomic mass is 10.0. The van der Waals surface area contributed by atoms with Crippen LogP contribution >= 0.6 is 15.9 Å². The molecule has 1 amide bonds. The molecule has 1 aliphatic heterocycles. The second-order valence-corrected chi connectivity index (χ2v) is 5.92. The van der Waals surface area contributed by atoms with Gasteiger partial charge in [-0.1, -0.05) is 6.92 Å². The number of likely N-dealkylation sites (tertiary alicyclic amines) is 1. The van der Waals surface area contributed by atoms with Gasteiger partial charge in [-0.2, -0.15) is 0 Å². The van der Waals surface area contributed by atoms with Gasteiger partial charge in [0.15, 0.2) is 0 Å². The number of amides is 1. The molecule has 1 atom stereocenters. The highest BCUT2D eigenvalue weighted by Crippen LogP contribution is 2.23. The van der Waals surface area contributed by atoms with E-state index >= 15 is 0 Å². The Bertz CT molecular complexity index is 447. The number of benzene rings is 1. The average Bonchev–Trinajstić information content (AvgIpc) is 2.57. The Morgan fingerprint density at radius 2 is 2.17 bits per heavy atom. The number of carbonyl (C=O) groups excluding carboxylic acids is 1. The Balaban J connectivity index is 2.12. The predicted molar refractivity (Wildman–Crippen MR) is 77.5 cm³/mol. The molecule has 0 aliphatic carbocycles. The number of nitrogens with two attached hydrogens (primary N) is 1. The molecule has 1 aromatic carbocycles. The van der Waals surface area contributed by atoms with E-state index in [2.05, 4.69) is 22.9 Å². The third-order valence-electron chi connectivity index (χ3n) is 3.55. The predicted octanol–water partition coefficient (Wildman–Crippen LogP) is 3.29. The van der Waals surface area contributed by atoms with Crippen molar-refractivity contribution in [3.8, 4) is 0 Å². The zero-order valence-electron chi connectivity index (χ0n) is 10.7. The van der Waals surface area contributed by atoms with Crippen LogP contribution in [0, 0.1) is 5.92 Å². The van der Waals surface area contributed by atoms with E-state index in [1.54, 1.807) is 12.1 Å². The number of hydrogen-bond donors (Lipinski definition) is 1. The van der Waals surface area contributed by atoms with Crippen LogP contribution in [0.3, 0.4) is 0 Å². The molecule has 4 heteroatoms. The number of nitrogen functional groups attached to an aromatic ring is 1. The number of carbonyl (C=O) groups is 1. The fraction of sp³-hybridized carbons (Fsp3) is 0.500. The van der Waals surface area contributed by atoms with Crippen LogP contribution in [0.2, 0.25) is 0 Å². The molecule has 1 heterocycles. The van der Waals surface area contributed by atoms with E-state index in [4.69, 9.17) is 5.73 Å². The van der Waals surface area contributed by atoms with Crippen LogP contribution in [0.5, 0.6) is 0 Å². The van der Waals surface area contributed by atoms with Crippen molar-refractivity contribution in [2.24, 2.45) is 5.92 Å². The van der Waals surface area contributed by atoms with Gasteiger partial charge in [0.05, 0.1) is 0 Å². The summed E-state index contributed by atoms with van der Waals surface area (Å²) in [6.45, 7) is 3.99. The number of halogens is 1. The topological polar surface area (TPSA) is 46.3 Å². The van der Waals surface area contributed by atoms with E-state index in [1.165, 1.54) is 6.42 Å². The Hall–Kier alpha value is -1.03. The fourth-order valence-electron chi connectivity index (χ4n) is 2.31. The minimum atomic E-state index is 0.116. The minimum Gasteiger partial charge on any atom is -0.398 e. The van der Waals surface area contributed by atoms with E-state index in [1.807, 2.05) is 11.0 Å². The molecule has 0 spiro atoms. The third kappa shape index (κ3) is 3.05. The van der Waals surface area contributed by atoms with E-state index in [-0.39, 0.29) is 5.91 Å². The highest BCUT2D eigenvalue weighted by molar-refractivity contribution is 9.10. The zero-order chi connectivity index (χ0) is 13.1. The maximum absolute atomic E-state index is 12.4. The standard InChI is InChI=1S/C14H19BrN2O/c1-10-3-2-7-17(8-6-10)14(18)11-4-5-13(16)12(15)9-11/h4-5,9-10H,2-3,6-8,16H2,1H3. The second-order valence-electron chi connectivity index (χ2n) is 5.06. The van der Waals surface area contributed by atoms with Crippen LogP contribution in [0.1, 0.15) is 36.5 Å². The molecule has 1 saturated heterocycles. The van der Waals surface area contributed by atoms with Gasteiger partial charge in [0.2, 0.25) is 0 Å². The van der Waals surface area contributed by atoms with Crippen molar-refractivity contribution >= 4 is 27.5 Å². The summed E-state index contributed by atoms with van der Waals surface area (Å²) in [5.41, 5.74) is 7.12. The molecular formula is C14H19BrN2O. The fourth-order valence-corrected chi connectivity index (χ4v) is 2.69. The molecule has 1 fully saturated rings. The van der Waals surface area contributed by atoms with Gasteiger partial charge in [-0.3, -0.25) is 4.79 Å². The number of rotatable bonds is 1. The van der Waals surface area contributed by atoms with Gasteiger partial charge in [-0.05, 0) is 59.3 Å². The molecule has 3 nitrogen and oxygen atoms in total. The lowest BCUT2D eigenvalue weighted by Crippen LogP contribution is -2.32. The first-order valence-corrected chi connectivity index (χ1v) is 7.21. The first-order chi connectivity index (χ1) is 8.58. The maximum Gasteiger partial charge on any atom is 0.253 e. The second kappa shape index (κ2) is 5.74.